The van der Waals surface area contributed by atoms with E-state index in [1.807, 2.05) is 0 Å². The zero-order valence-electron chi connectivity index (χ0n) is 11.7. The molecule has 0 amide bonds. The molecule has 3 atom stereocenters. The molecule has 0 aromatic carbocycles. The molecule has 1 fully saturated rings. The molecule has 0 saturated carbocycles. The molecular weight excluding hydrogens is 357 g/mol. The number of aliphatic hydroxyl groups excluding tert-OH is 1. The van der Waals surface area contributed by atoms with Crippen LogP contribution in [-0.4, -0.2) is 78.7 Å². The van der Waals surface area contributed by atoms with Gasteiger partial charge in [0.25, 0.3) is 0 Å². The van der Waals surface area contributed by atoms with Crippen molar-refractivity contribution in [1.29, 1.82) is 0 Å². The van der Waals surface area contributed by atoms with E-state index in [0.29, 0.717) is 4.57 Å². The Hall–Kier alpha value is -0.430. The van der Waals surface area contributed by atoms with Gasteiger partial charge in [-0.2, -0.15) is 13.8 Å². The summed E-state index contributed by atoms with van der Waals surface area (Å²) in [6, 6.07) is 1.08. The average molecular weight is 369 g/mol. The van der Waals surface area contributed by atoms with E-state index in [0.717, 1.165) is 12.3 Å². The summed E-state index contributed by atoms with van der Waals surface area (Å²) in [5.74, 6) is -4.10. The predicted molar refractivity (Wildman–Crippen MR) is 71.5 cm³/mol. The van der Waals surface area contributed by atoms with Gasteiger partial charge >= 0.3 is 19.4 Å². The number of phosphoric ester groups is 1. The third kappa shape index (κ3) is 4.56. The molecule has 1 aromatic rings. The van der Waals surface area contributed by atoms with Crippen LogP contribution in [0, 0.1) is 0 Å². The van der Waals surface area contributed by atoms with Crippen molar-refractivity contribution in [3.63, 3.8) is 0 Å². The molecule has 14 heteroatoms. The van der Waals surface area contributed by atoms with Gasteiger partial charge in [-0.05, 0) is 6.07 Å². The zero-order chi connectivity index (χ0) is 16.7. The van der Waals surface area contributed by atoms with Crippen LogP contribution in [-0.2, 0) is 13.8 Å². The van der Waals surface area contributed by atoms with E-state index < -0.39 is 44.5 Å². The number of anilines is 1. The second-order valence-electron chi connectivity index (χ2n) is 4.47. The number of nitrogens with zero attached hydrogens (tertiary/aromatic N) is 2. The van der Waals surface area contributed by atoms with Crippen LogP contribution in [0.15, 0.2) is 17.1 Å². The minimum atomic E-state index is -4.93. The van der Waals surface area contributed by atoms with Crippen molar-refractivity contribution in [2.24, 2.45) is 0 Å². The van der Waals surface area contributed by atoms with Crippen LogP contribution in [0.3, 0.4) is 0 Å². The van der Waals surface area contributed by atoms with Crippen molar-refractivity contribution in [2.45, 2.75) is 24.4 Å². The first-order valence-electron chi connectivity index (χ1n) is 5.78. The maximum Gasteiger partial charge on any atom is 0.469 e. The maximum absolute atomic E-state index is 14.0. The number of aliphatic hydroxyl groups is 1. The SMILES string of the molecule is [15NH2]c1cc[15n]([C@@H]2O[C@H](COP(=O)(O)O)[C@@H](O)C2(F)F)c(=O)[15n]1.[Na]. The minimum Gasteiger partial charge on any atom is -0.384 e. The van der Waals surface area contributed by atoms with Crippen molar-refractivity contribution in [3.05, 3.63) is 22.7 Å². The fourth-order valence-corrected chi connectivity index (χ4v) is 2.22. The van der Waals surface area contributed by atoms with E-state index in [9.17, 15) is 23.2 Å². The van der Waals surface area contributed by atoms with Crippen molar-refractivity contribution >= 4 is 43.2 Å². The van der Waals surface area contributed by atoms with E-state index in [1.165, 1.54) is 0 Å². The van der Waals surface area contributed by atoms with Crippen LogP contribution in [0.2, 0.25) is 0 Å². The Kier molecular flexibility index (Phi) is 6.47. The van der Waals surface area contributed by atoms with Crippen LogP contribution < -0.4 is 11.4 Å². The second kappa shape index (κ2) is 7.21. The number of halogens is 2. The fourth-order valence-electron chi connectivity index (χ4n) is 1.88. The summed E-state index contributed by atoms with van der Waals surface area (Å²) in [5, 5.41) is 9.52. The molecule has 2 heterocycles. The average Bonchev–Trinajstić information content (AvgIpc) is 2.59. The number of nitrogens with two attached hydrogens (primary N) is 1. The van der Waals surface area contributed by atoms with Gasteiger partial charge in [0.05, 0.1) is 6.61 Å². The number of nitrogen functional groups attached to an aromatic ring is 1. The van der Waals surface area contributed by atoms with E-state index >= 15 is 0 Å². The van der Waals surface area contributed by atoms with Gasteiger partial charge in [-0.1, -0.05) is 0 Å². The van der Waals surface area contributed by atoms with Gasteiger partial charge in [0.1, 0.15) is 11.9 Å². The summed E-state index contributed by atoms with van der Waals surface area (Å²) in [6.45, 7) is -0.991. The van der Waals surface area contributed by atoms with Crippen molar-refractivity contribution in [3.8, 4) is 0 Å². The normalized spacial score (nSPS) is 26.7. The van der Waals surface area contributed by atoms with Gasteiger partial charge in [0, 0.05) is 35.8 Å². The number of hydrogen-bond donors (Lipinski definition) is 4. The third-order valence-electron chi connectivity index (χ3n) is 2.89. The number of alkyl halides is 2. The Morgan fingerprint density at radius 3 is 2.65 bits per heavy atom. The molecule has 0 aliphatic carbocycles. The summed E-state index contributed by atoms with van der Waals surface area (Å²) in [7, 11) is -4.93. The first-order valence-corrected chi connectivity index (χ1v) is 7.31. The molecule has 2 rings (SSSR count). The molecule has 10 nitrogen and oxygen atoms in total. The Labute approximate surface area is 149 Å². The summed E-state index contributed by atoms with van der Waals surface area (Å²) in [5.41, 5.74) is 4.10. The van der Waals surface area contributed by atoms with Gasteiger partial charge < -0.3 is 25.4 Å². The van der Waals surface area contributed by atoms with Crippen LogP contribution in [0.1, 0.15) is 6.23 Å². The van der Waals surface area contributed by atoms with E-state index in [1.54, 1.807) is 0 Å². The smallest absolute Gasteiger partial charge is 0.384 e. The van der Waals surface area contributed by atoms with Crippen LogP contribution in [0.5, 0.6) is 0 Å². The number of ether oxygens (including phenoxy) is 1. The molecule has 0 bridgehead atoms. The quantitative estimate of drug-likeness (QED) is 0.280. The molecule has 0 spiro atoms. The van der Waals surface area contributed by atoms with Crippen molar-refractivity contribution in [1.82, 2.24) is 9.55 Å². The topological polar surface area (TPSA) is 157 Å². The van der Waals surface area contributed by atoms with Gasteiger partial charge in [0.15, 0.2) is 6.10 Å². The number of hydrogen-bond acceptors (Lipinski definition) is 7. The standard InChI is InChI=1S/C9H12F2N3O7P.Na/c10-9(11)6(15)4(3-20-22(17,18)19)21-7(9)14-2-1-5(12)13-8(14)16;/h1-2,4,6-7,15H,3H2,(H2,12,13,16)(H2,17,18,19);/t4-,6-,7-;/m1./s1/i12+1,13+1,14+1;. The van der Waals surface area contributed by atoms with Gasteiger partial charge in [-0.25, -0.2) is 9.36 Å². The summed E-state index contributed by atoms with van der Waals surface area (Å²) in [6.07, 6.45) is -5.50. The monoisotopic (exact) mass is 369 g/mol. The first-order chi connectivity index (χ1) is 10.0. The fraction of sp³-hybridized carbons (Fsp3) is 0.556. The molecule has 5 N–H and O–H groups in total. The maximum atomic E-state index is 14.0. The Balaban J connectivity index is 0.00000264. The van der Waals surface area contributed by atoms with E-state index in [2.05, 4.69) is 9.51 Å². The molecule has 1 saturated heterocycles. The van der Waals surface area contributed by atoms with Gasteiger partial charge in [-0.3, -0.25) is 9.09 Å². The van der Waals surface area contributed by atoms with Crippen LogP contribution in [0.25, 0.3) is 0 Å². The third-order valence-corrected chi connectivity index (χ3v) is 3.38. The van der Waals surface area contributed by atoms with Gasteiger partial charge in [0.2, 0.25) is 6.23 Å². The van der Waals surface area contributed by atoms with Gasteiger partial charge in [-0.15, -0.1) is 0 Å². The molecule has 23 heavy (non-hydrogen) atoms. The molecule has 1 radical (unpaired) electrons. The summed E-state index contributed by atoms with van der Waals surface area (Å²) in [4.78, 5) is 31.9. The minimum absolute atomic E-state index is 0. The Bertz CT molecular complexity index is 669. The van der Waals surface area contributed by atoms with Crippen LogP contribution in [0.4, 0.5) is 14.6 Å². The van der Waals surface area contributed by atoms with Crippen LogP contribution >= 0.6 is 7.82 Å². The first kappa shape index (κ1) is 20.6. The molecule has 1 aromatic heterocycles. The predicted octanol–water partition coefficient (Wildman–Crippen LogP) is -1.55. The van der Waals surface area contributed by atoms with Crippen molar-refractivity contribution < 1.29 is 37.5 Å². The van der Waals surface area contributed by atoms with Crippen molar-refractivity contribution in [2.75, 3.05) is 12.3 Å². The number of aromatic nitrogens is 2. The largest absolute Gasteiger partial charge is 0.469 e. The number of phosphoric acid groups is 1. The molecule has 1 aliphatic heterocycles. The van der Waals surface area contributed by atoms with E-state index in [4.69, 9.17) is 20.3 Å². The molecule has 0 unspecified atom stereocenters. The number of rotatable bonds is 4. The second-order valence-corrected chi connectivity index (χ2v) is 5.71. The Morgan fingerprint density at radius 1 is 1.52 bits per heavy atom. The summed E-state index contributed by atoms with van der Waals surface area (Å²) >= 11 is 0. The van der Waals surface area contributed by atoms with E-state index in [-0.39, 0.29) is 35.4 Å². The molecule has 1 aliphatic rings. The zero-order valence-corrected chi connectivity index (χ0v) is 14.6. The molecular formula is C9H12F2N3NaO7P. The summed E-state index contributed by atoms with van der Waals surface area (Å²) < 4.78 is 47.8. The molecule has 125 valence electrons. The Morgan fingerprint density at radius 2 is 2.13 bits per heavy atom.